The number of imidazole rings is 1. The Kier molecular flexibility index (Phi) is 7.78. The van der Waals surface area contributed by atoms with Gasteiger partial charge in [0.15, 0.2) is 0 Å². The highest BCUT2D eigenvalue weighted by Gasteiger charge is 2.31. The van der Waals surface area contributed by atoms with E-state index in [-0.39, 0.29) is 22.4 Å². The number of aromatic nitrogens is 2. The monoisotopic (exact) mass is 552 g/mol. The van der Waals surface area contributed by atoms with Crippen molar-refractivity contribution in [2.24, 2.45) is 11.8 Å². The maximum Gasteiger partial charge on any atom is 0.573 e. The summed E-state index contributed by atoms with van der Waals surface area (Å²) in [5.41, 5.74) is 1.79. The molecule has 2 unspecified atom stereocenters. The molecule has 1 saturated carbocycles. The van der Waals surface area contributed by atoms with Crippen molar-refractivity contribution in [1.29, 1.82) is 0 Å². The number of ether oxygens (including phenoxy) is 1. The Morgan fingerprint density at radius 2 is 1.79 bits per heavy atom. The molecule has 2 aromatic carbocycles. The number of carboxylic acids is 1. The summed E-state index contributed by atoms with van der Waals surface area (Å²) in [6.45, 7) is 3.90. The van der Waals surface area contributed by atoms with E-state index in [1.54, 1.807) is 6.07 Å². The Labute approximate surface area is 222 Å². The van der Waals surface area contributed by atoms with E-state index in [1.807, 2.05) is 4.57 Å². The Balaban J connectivity index is 1.75. The molecule has 1 aliphatic carbocycles. The number of anilines is 2. The van der Waals surface area contributed by atoms with Crippen LogP contribution < -0.4 is 10.1 Å². The topological polar surface area (TPSA) is 96.7 Å². The summed E-state index contributed by atoms with van der Waals surface area (Å²) in [6, 6.07) is 8.59. The van der Waals surface area contributed by atoms with Crippen molar-refractivity contribution in [2.75, 3.05) is 18.9 Å². The smallest absolute Gasteiger partial charge is 0.480 e. The number of carboxylic acid groups (broad SMARTS) is 1. The number of amides is 1. The molecule has 38 heavy (non-hydrogen) atoms. The van der Waals surface area contributed by atoms with Gasteiger partial charge in [-0.05, 0) is 67.5 Å². The standard InChI is InChI=1S/C26H28ClF3N4O4/c1-14-8-15(2)10-17(9-14)34-22-12-20(27)19(24(37)33(3)13-23(35)36)11-21(22)32-25(34)31-16-4-6-18(7-5-16)38-26(28,29)30/h4-7,11-12,14-15,17H,8-10,13H2,1-3H3,(H,31,32)(H,35,36)/t14-,15?,17?/m1/s1. The second-order valence-corrected chi connectivity index (χ2v) is 10.4. The van der Waals surface area contributed by atoms with E-state index in [1.165, 1.54) is 37.4 Å². The van der Waals surface area contributed by atoms with Crippen LogP contribution >= 0.6 is 11.6 Å². The predicted octanol–water partition coefficient (Wildman–Crippen LogP) is 6.49. The number of nitrogens with zero attached hydrogens (tertiary/aromatic N) is 3. The van der Waals surface area contributed by atoms with E-state index in [9.17, 15) is 22.8 Å². The van der Waals surface area contributed by atoms with Crippen molar-refractivity contribution < 1.29 is 32.6 Å². The van der Waals surface area contributed by atoms with E-state index in [0.29, 0.717) is 34.5 Å². The highest BCUT2D eigenvalue weighted by atomic mass is 35.5. The Morgan fingerprint density at radius 1 is 1.16 bits per heavy atom. The first-order chi connectivity index (χ1) is 17.8. The maximum absolute atomic E-state index is 12.9. The van der Waals surface area contributed by atoms with Crippen molar-refractivity contribution in [1.82, 2.24) is 14.5 Å². The summed E-state index contributed by atoms with van der Waals surface area (Å²) in [5, 5.41) is 12.4. The lowest BCUT2D eigenvalue weighted by atomic mass is 9.80. The van der Waals surface area contributed by atoms with Crippen LogP contribution in [0, 0.1) is 11.8 Å². The summed E-state index contributed by atoms with van der Waals surface area (Å²) in [7, 11) is 1.37. The molecule has 204 valence electrons. The van der Waals surface area contributed by atoms with Crippen molar-refractivity contribution in [3.63, 3.8) is 0 Å². The van der Waals surface area contributed by atoms with Crippen LogP contribution in [-0.4, -0.2) is 51.4 Å². The number of rotatable bonds is 7. The van der Waals surface area contributed by atoms with E-state index in [2.05, 4.69) is 23.9 Å². The fourth-order valence-electron chi connectivity index (χ4n) is 5.20. The lowest BCUT2D eigenvalue weighted by Gasteiger charge is -2.33. The molecule has 0 aliphatic heterocycles. The van der Waals surface area contributed by atoms with E-state index in [4.69, 9.17) is 21.7 Å². The molecule has 0 radical (unpaired) electrons. The number of nitrogens with one attached hydrogen (secondary N) is 1. The Hall–Kier alpha value is -3.47. The van der Waals surface area contributed by atoms with Crippen LogP contribution in [0.5, 0.6) is 5.75 Å². The number of carbonyl (C=O) groups excluding carboxylic acids is 1. The molecule has 2 N–H and O–H groups in total. The third kappa shape index (κ3) is 6.32. The number of hydrogen-bond acceptors (Lipinski definition) is 5. The average Bonchev–Trinajstić information content (AvgIpc) is 3.13. The van der Waals surface area contributed by atoms with Gasteiger partial charge < -0.3 is 24.6 Å². The first kappa shape index (κ1) is 27.6. The predicted molar refractivity (Wildman–Crippen MR) is 137 cm³/mol. The van der Waals surface area contributed by atoms with Gasteiger partial charge in [0.05, 0.1) is 21.6 Å². The molecular weight excluding hydrogens is 525 g/mol. The molecule has 1 amide bonds. The summed E-state index contributed by atoms with van der Waals surface area (Å²) in [6.07, 6.45) is -1.91. The third-order valence-corrected chi connectivity index (χ3v) is 6.90. The molecule has 0 bridgehead atoms. The molecule has 4 rings (SSSR count). The van der Waals surface area contributed by atoms with Gasteiger partial charge in [-0.2, -0.15) is 0 Å². The molecule has 3 atom stereocenters. The van der Waals surface area contributed by atoms with Gasteiger partial charge in [0.1, 0.15) is 12.3 Å². The van der Waals surface area contributed by atoms with Crippen LogP contribution in [0.2, 0.25) is 5.02 Å². The fourth-order valence-corrected chi connectivity index (χ4v) is 5.44. The zero-order valence-electron chi connectivity index (χ0n) is 21.1. The number of halogens is 4. The average molecular weight is 553 g/mol. The van der Waals surface area contributed by atoms with Crippen LogP contribution in [0.4, 0.5) is 24.8 Å². The van der Waals surface area contributed by atoms with Crippen molar-refractivity contribution in [3.8, 4) is 5.75 Å². The van der Waals surface area contributed by atoms with Gasteiger partial charge in [0, 0.05) is 18.8 Å². The molecule has 1 aromatic heterocycles. The molecule has 3 aromatic rings. The van der Waals surface area contributed by atoms with Crippen LogP contribution in [0.3, 0.4) is 0 Å². The minimum atomic E-state index is -4.79. The first-order valence-corrected chi connectivity index (χ1v) is 12.5. The van der Waals surface area contributed by atoms with Gasteiger partial charge >= 0.3 is 12.3 Å². The van der Waals surface area contributed by atoms with E-state index in [0.717, 1.165) is 24.2 Å². The number of carbonyl (C=O) groups is 2. The van der Waals surface area contributed by atoms with Gasteiger partial charge in [-0.25, -0.2) is 4.98 Å². The molecule has 1 aliphatic rings. The molecule has 8 nitrogen and oxygen atoms in total. The lowest BCUT2D eigenvalue weighted by Crippen LogP contribution is -2.32. The molecule has 0 saturated heterocycles. The molecule has 12 heteroatoms. The van der Waals surface area contributed by atoms with E-state index >= 15 is 0 Å². The molecule has 0 spiro atoms. The second kappa shape index (κ2) is 10.7. The number of benzene rings is 2. The summed E-state index contributed by atoms with van der Waals surface area (Å²) in [5.74, 6) is -0.658. The van der Waals surface area contributed by atoms with E-state index < -0.39 is 24.8 Å². The van der Waals surface area contributed by atoms with Crippen molar-refractivity contribution >= 4 is 46.1 Å². The normalized spacial score (nSPS) is 19.8. The number of alkyl halides is 3. The van der Waals surface area contributed by atoms with Gasteiger partial charge in [-0.3, -0.25) is 9.59 Å². The van der Waals surface area contributed by atoms with Crippen molar-refractivity contribution in [2.45, 2.75) is 45.5 Å². The van der Waals surface area contributed by atoms with Crippen molar-refractivity contribution in [3.05, 3.63) is 47.0 Å². The first-order valence-electron chi connectivity index (χ1n) is 12.1. The summed E-state index contributed by atoms with van der Waals surface area (Å²) < 4.78 is 43.6. The van der Waals surface area contributed by atoms with Crippen LogP contribution in [0.25, 0.3) is 11.0 Å². The minimum absolute atomic E-state index is 0.0707. The largest absolute Gasteiger partial charge is 0.573 e. The molecule has 1 heterocycles. The SMILES string of the molecule is CC1CC(n2c(Nc3ccc(OC(F)(F)F)cc3)nc3cc(C(=O)N(C)CC(=O)O)c(Cl)cc32)C[C@H](C)C1. The Morgan fingerprint density at radius 3 is 2.37 bits per heavy atom. The van der Waals surface area contributed by atoms with Crippen LogP contribution in [-0.2, 0) is 4.79 Å². The van der Waals surface area contributed by atoms with Gasteiger partial charge in [-0.15, -0.1) is 13.2 Å². The number of hydrogen-bond donors (Lipinski definition) is 2. The Bertz CT molecular complexity index is 1330. The highest BCUT2D eigenvalue weighted by molar-refractivity contribution is 6.34. The number of aliphatic carboxylic acids is 1. The minimum Gasteiger partial charge on any atom is -0.480 e. The fraction of sp³-hybridized carbons (Fsp3) is 0.423. The summed E-state index contributed by atoms with van der Waals surface area (Å²) >= 11 is 6.52. The highest BCUT2D eigenvalue weighted by Crippen LogP contribution is 2.41. The third-order valence-electron chi connectivity index (χ3n) is 6.59. The summed E-state index contributed by atoms with van der Waals surface area (Å²) in [4.78, 5) is 29.7. The second-order valence-electron chi connectivity index (χ2n) is 9.95. The lowest BCUT2D eigenvalue weighted by molar-refractivity contribution is -0.274. The van der Waals surface area contributed by atoms with Gasteiger partial charge in [-0.1, -0.05) is 25.4 Å². The molecule has 1 fully saturated rings. The number of fused-ring (bicyclic) bond motifs is 1. The van der Waals surface area contributed by atoms with Gasteiger partial charge in [0.2, 0.25) is 5.95 Å². The zero-order valence-corrected chi connectivity index (χ0v) is 21.8. The quantitative estimate of drug-likeness (QED) is 0.348. The maximum atomic E-state index is 12.9. The number of likely N-dealkylation sites (N-methyl/N-ethyl adjacent to an activating group) is 1. The van der Waals surface area contributed by atoms with Crippen LogP contribution in [0.1, 0.15) is 49.5 Å². The zero-order chi connectivity index (χ0) is 27.8. The molecular formula is C26H28ClF3N4O4. The van der Waals surface area contributed by atoms with Gasteiger partial charge in [0.25, 0.3) is 5.91 Å². The van der Waals surface area contributed by atoms with Crippen LogP contribution in [0.15, 0.2) is 36.4 Å².